The molecule has 0 saturated carbocycles. The zero-order chi connectivity index (χ0) is 18.1. The molecule has 1 aliphatic rings. The van der Waals surface area contributed by atoms with Gasteiger partial charge in [-0.2, -0.15) is 0 Å². The Morgan fingerprint density at radius 1 is 1.15 bits per heavy atom. The Kier molecular flexibility index (Phi) is 4.28. The molecular weight excluding hydrogens is 328 g/mol. The summed E-state index contributed by atoms with van der Waals surface area (Å²) in [5.74, 6) is 0.928. The summed E-state index contributed by atoms with van der Waals surface area (Å²) < 4.78 is 1.76. The number of carbonyl (C=O) groups excluding carboxylic acids is 1. The molecule has 3 heterocycles. The number of para-hydroxylation sites is 2. The summed E-state index contributed by atoms with van der Waals surface area (Å²) in [5.41, 5.74) is 2.44. The highest BCUT2D eigenvalue weighted by Gasteiger charge is 2.27. The molecule has 7 heteroatoms. The molecule has 1 fully saturated rings. The Labute approximate surface area is 152 Å². The first-order chi connectivity index (χ1) is 12.6. The van der Waals surface area contributed by atoms with Crippen LogP contribution in [0, 0.1) is 0 Å². The minimum atomic E-state index is 0.0222. The van der Waals surface area contributed by atoms with E-state index in [-0.39, 0.29) is 11.9 Å². The number of amides is 1. The highest BCUT2D eigenvalue weighted by atomic mass is 16.2. The lowest BCUT2D eigenvalue weighted by atomic mass is 10.0. The van der Waals surface area contributed by atoms with Crippen molar-refractivity contribution < 1.29 is 4.79 Å². The fraction of sp³-hybridized carbons (Fsp3) is 0.368. The Morgan fingerprint density at radius 2 is 1.88 bits per heavy atom. The molecule has 26 heavy (non-hydrogen) atoms. The van der Waals surface area contributed by atoms with Crippen LogP contribution < -0.4 is 4.90 Å². The van der Waals surface area contributed by atoms with E-state index >= 15 is 0 Å². The Balaban J connectivity index is 1.43. The molecule has 3 aromatic rings. The van der Waals surface area contributed by atoms with Crippen molar-refractivity contribution in [1.29, 1.82) is 0 Å². The number of hydrogen-bond acceptors (Lipinski definition) is 5. The highest BCUT2D eigenvalue weighted by Crippen LogP contribution is 2.22. The number of piperidine rings is 1. The molecule has 2 aromatic heterocycles. The first-order valence-corrected chi connectivity index (χ1v) is 8.83. The number of hydrogen-bond donors (Lipinski definition) is 0. The van der Waals surface area contributed by atoms with Crippen LogP contribution in [0.5, 0.6) is 0 Å². The lowest BCUT2D eigenvalue weighted by Gasteiger charge is -2.37. The number of nitrogens with zero attached hydrogens (tertiary/aromatic N) is 6. The molecule has 0 aliphatic carbocycles. The van der Waals surface area contributed by atoms with Crippen LogP contribution >= 0.6 is 0 Å². The molecule has 4 rings (SSSR count). The molecule has 7 nitrogen and oxygen atoms in total. The van der Waals surface area contributed by atoms with E-state index in [1.807, 2.05) is 49.5 Å². The van der Waals surface area contributed by atoms with Gasteiger partial charge in [-0.1, -0.05) is 12.1 Å². The molecular formula is C19H22N6O. The van der Waals surface area contributed by atoms with Gasteiger partial charge in [-0.05, 0) is 25.0 Å². The zero-order valence-corrected chi connectivity index (χ0v) is 15.0. The van der Waals surface area contributed by atoms with E-state index in [2.05, 4.69) is 14.9 Å². The first-order valence-electron chi connectivity index (χ1n) is 8.83. The summed E-state index contributed by atoms with van der Waals surface area (Å²) in [6.45, 7) is 1.72. The lowest BCUT2D eigenvalue weighted by molar-refractivity contribution is 0.0699. The van der Waals surface area contributed by atoms with Crippen molar-refractivity contribution in [2.75, 3.05) is 25.0 Å². The molecule has 1 aromatic carbocycles. The first kappa shape index (κ1) is 16.5. The third-order valence-electron chi connectivity index (χ3n) is 5.13. The van der Waals surface area contributed by atoms with Gasteiger partial charge in [0, 0.05) is 33.2 Å². The van der Waals surface area contributed by atoms with Crippen LogP contribution in [-0.4, -0.2) is 56.5 Å². The quantitative estimate of drug-likeness (QED) is 0.724. The molecule has 134 valence electrons. The fourth-order valence-corrected chi connectivity index (χ4v) is 3.49. The van der Waals surface area contributed by atoms with Crippen molar-refractivity contribution in [3.05, 3.63) is 48.7 Å². The fourth-order valence-electron chi connectivity index (χ4n) is 3.49. The van der Waals surface area contributed by atoms with E-state index in [0.717, 1.165) is 42.8 Å². The van der Waals surface area contributed by atoms with Gasteiger partial charge < -0.3 is 14.4 Å². The number of fused-ring (bicyclic) bond motifs is 1. The molecule has 0 spiro atoms. The molecule has 0 bridgehead atoms. The van der Waals surface area contributed by atoms with Gasteiger partial charge in [-0.3, -0.25) is 9.78 Å². The van der Waals surface area contributed by atoms with Crippen molar-refractivity contribution in [1.82, 2.24) is 24.4 Å². The highest BCUT2D eigenvalue weighted by molar-refractivity contribution is 5.92. The maximum Gasteiger partial charge on any atom is 0.272 e. The van der Waals surface area contributed by atoms with Gasteiger partial charge in [0.2, 0.25) is 0 Å². The van der Waals surface area contributed by atoms with E-state index in [0.29, 0.717) is 5.69 Å². The Hall–Kier alpha value is -2.96. The van der Waals surface area contributed by atoms with Crippen LogP contribution in [0.4, 0.5) is 5.82 Å². The SMILES string of the molecule is CN(C(=O)c1cncn1C)C1CCN(c2cnc3ccccc3n2)CC1. The summed E-state index contributed by atoms with van der Waals surface area (Å²) >= 11 is 0. The van der Waals surface area contributed by atoms with Gasteiger partial charge in [0.1, 0.15) is 11.5 Å². The largest absolute Gasteiger partial charge is 0.355 e. The van der Waals surface area contributed by atoms with Gasteiger partial charge in [-0.25, -0.2) is 9.97 Å². The second kappa shape index (κ2) is 6.74. The van der Waals surface area contributed by atoms with Crippen molar-refractivity contribution >= 4 is 22.8 Å². The normalized spacial score (nSPS) is 15.4. The van der Waals surface area contributed by atoms with E-state index in [1.54, 1.807) is 17.1 Å². The van der Waals surface area contributed by atoms with Crippen LogP contribution in [-0.2, 0) is 7.05 Å². The van der Waals surface area contributed by atoms with Gasteiger partial charge in [0.15, 0.2) is 0 Å². The lowest BCUT2D eigenvalue weighted by Crippen LogP contribution is -2.46. The molecule has 0 N–H and O–H groups in total. The predicted molar refractivity (Wildman–Crippen MR) is 100 cm³/mol. The summed E-state index contributed by atoms with van der Waals surface area (Å²) in [5, 5.41) is 0. The molecule has 1 aliphatic heterocycles. The molecule has 0 atom stereocenters. The monoisotopic (exact) mass is 350 g/mol. The molecule has 1 saturated heterocycles. The number of rotatable bonds is 3. The number of imidazole rings is 1. The summed E-state index contributed by atoms with van der Waals surface area (Å²) in [6, 6.07) is 8.13. The molecule has 0 unspecified atom stereocenters. The third-order valence-corrected chi connectivity index (χ3v) is 5.13. The maximum absolute atomic E-state index is 12.7. The standard InChI is InChI=1S/C19H22N6O/c1-23-13-20-11-17(23)19(26)24(2)14-7-9-25(10-8-14)18-12-21-15-5-3-4-6-16(15)22-18/h3-6,11-14H,7-10H2,1-2H3. The van der Waals surface area contributed by atoms with Crippen LogP contribution in [0.2, 0.25) is 0 Å². The topological polar surface area (TPSA) is 67.2 Å². The minimum absolute atomic E-state index is 0.0222. The van der Waals surface area contributed by atoms with Gasteiger partial charge in [0.05, 0.1) is 29.8 Å². The van der Waals surface area contributed by atoms with E-state index in [1.165, 1.54) is 0 Å². The molecule has 1 amide bonds. The summed E-state index contributed by atoms with van der Waals surface area (Å²) in [7, 11) is 3.72. The second-order valence-electron chi connectivity index (χ2n) is 6.74. The van der Waals surface area contributed by atoms with Gasteiger partial charge in [0.25, 0.3) is 5.91 Å². The Morgan fingerprint density at radius 3 is 2.58 bits per heavy atom. The van der Waals surface area contributed by atoms with Crippen LogP contribution in [0.15, 0.2) is 43.0 Å². The smallest absolute Gasteiger partial charge is 0.272 e. The summed E-state index contributed by atoms with van der Waals surface area (Å²) in [6.07, 6.45) is 6.94. The maximum atomic E-state index is 12.7. The van der Waals surface area contributed by atoms with Crippen molar-refractivity contribution in [3.8, 4) is 0 Å². The summed E-state index contributed by atoms with van der Waals surface area (Å²) in [4.78, 5) is 30.0. The van der Waals surface area contributed by atoms with E-state index in [9.17, 15) is 4.79 Å². The van der Waals surface area contributed by atoms with Gasteiger partial charge in [-0.15, -0.1) is 0 Å². The molecule has 0 radical (unpaired) electrons. The third kappa shape index (κ3) is 3.00. The zero-order valence-electron chi connectivity index (χ0n) is 15.0. The minimum Gasteiger partial charge on any atom is -0.355 e. The number of carbonyl (C=O) groups is 1. The van der Waals surface area contributed by atoms with Crippen LogP contribution in [0.25, 0.3) is 11.0 Å². The van der Waals surface area contributed by atoms with Crippen molar-refractivity contribution in [2.24, 2.45) is 7.05 Å². The van der Waals surface area contributed by atoms with Crippen LogP contribution in [0.1, 0.15) is 23.3 Å². The number of aromatic nitrogens is 4. The van der Waals surface area contributed by atoms with E-state index < -0.39 is 0 Å². The average molecular weight is 350 g/mol. The Bertz CT molecular complexity index is 928. The second-order valence-corrected chi connectivity index (χ2v) is 6.74. The van der Waals surface area contributed by atoms with Crippen molar-refractivity contribution in [2.45, 2.75) is 18.9 Å². The van der Waals surface area contributed by atoms with E-state index in [4.69, 9.17) is 4.98 Å². The predicted octanol–water partition coefficient (Wildman–Crippen LogP) is 2.10. The van der Waals surface area contributed by atoms with Crippen LogP contribution in [0.3, 0.4) is 0 Å². The number of benzene rings is 1. The number of anilines is 1. The number of aryl methyl sites for hydroxylation is 1. The van der Waals surface area contributed by atoms with Gasteiger partial charge >= 0.3 is 0 Å². The average Bonchev–Trinajstić information content (AvgIpc) is 3.12. The van der Waals surface area contributed by atoms with Crippen molar-refractivity contribution in [3.63, 3.8) is 0 Å².